The van der Waals surface area contributed by atoms with Crippen LogP contribution in [0, 0.1) is 0 Å². The first kappa shape index (κ1) is 25.2. The number of nitrogens with zero attached hydrogens (tertiary/aromatic N) is 1. The first-order valence-electron chi connectivity index (χ1n) is 8.59. The minimum atomic E-state index is -2.44. The molecule has 4 nitrogen and oxygen atoms in total. The Labute approximate surface area is 160 Å². The van der Waals surface area contributed by atoms with Gasteiger partial charge in [0.1, 0.15) is 6.54 Å². The van der Waals surface area contributed by atoms with Gasteiger partial charge in [-0.2, -0.15) is 0 Å². The Kier molecular flexibility index (Phi) is 19.3. The number of hydrogen-bond acceptors (Lipinski definition) is 2. The zero-order valence-electron chi connectivity index (χ0n) is 15.4. The van der Waals surface area contributed by atoms with Crippen LogP contribution in [0.2, 0.25) is 0 Å². The molecule has 1 N–H and O–H groups in total. The van der Waals surface area contributed by atoms with Gasteiger partial charge in [-0.05, 0) is 12.8 Å². The fraction of sp³-hybridized carbons (Fsp3) is 1.00. The van der Waals surface area contributed by atoms with Crippen molar-refractivity contribution < 1.29 is 48.0 Å². The van der Waals surface area contributed by atoms with Crippen molar-refractivity contribution in [2.75, 3.05) is 33.8 Å². The molecule has 0 spiro atoms. The summed E-state index contributed by atoms with van der Waals surface area (Å²) in [7, 11) is 1.87. The number of unbranched alkanes of at least 4 members (excludes halogenated alkanes) is 9. The van der Waals surface area contributed by atoms with Gasteiger partial charge in [0.2, 0.25) is 0 Å². The predicted octanol–water partition coefficient (Wildman–Crippen LogP) is 1.65. The van der Waals surface area contributed by atoms with Crippen molar-refractivity contribution in [1.29, 1.82) is 0 Å². The molecule has 0 amide bonds. The van der Waals surface area contributed by atoms with Gasteiger partial charge in [0.15, 0.2) is 6.61 Å². The monoisotopic (exact) mass is 344 g/mol. The van der Waals surface area contributed by atoms with Gasteiger partial charge in [-0.15, -0.1) is 9.42 Å². The molecule has 0 rings (SSSR count). The molecule has 0 saturated carbocycles. The van der Waals surface area contributed by atoms with E-state index in [1.165, 1.54) is 64.2 Å². The van der Waals surface area contributed by atoms with Gasteiger partial charge in [-0.1, -0.05) is 58.3 Å². The van der Waals surface area contributed by atoms with E-state index in [1.807, 2.05) is 0 Å². The van der Waals surface area contributed by atoms with Crippen molar-refractivity contribution in [3.05, 3.63) is 0 Å². The summed E-state index contributed by atoms with van der Waals surface area (Å²) in [6.07, 6.45) is 13.6. The van der Waals surface area contributed by atoms with E-state index in [0.29, 0.717) is 6.61 Å². The van der Waals surface area contributed by atoms with Crippen LogP contribution < -0.4 is 29.6 Å². The molecule has 0 aliphatic heterocycles. The van der Waals surface area contributed by atoms with Crippen molar-refractivity contribution in [3.8, 4) is 0 Å². The van der Waals surface area contributed by atoms with Gasteiger partial charge in [0.25, 0.3) is 0 Å². The SMILES string of the molecule is CCCCCCCCCCCC[N+](C)(C)CCO[P+](=O)O.[Na+]. The number of likely N-dealkylation sites (N-methyl/N-ethyl adjacent to an activating group) is 1. The Hall–Kier alpha value is 0.980. The third kappa shape index (κ3) is 19.0. The van der Waals surface area contributed by atoms with Crippen LogP contribution in [-0.4, -0.2) is 43.2 Å². The van der Waals surface area contributed by atoms with Crippen LogP contribution in [0.4, 0.5) is 0 Å². The van der Waals surface area contributed by atoms with Crippen molar-refractivity contribution in [2.24, 2.45) is 0 Å². The Bertz CT molecular complexity index is 266. The van der Waals surface area contributed by atoms with Crippen LogP contribution >= 0.6 is 8.25 Å². The van der Waals surface area contributed by atoms with Gasteiger partial charge < -0.3 is 4.48 Å². The fourth-order valence-electron chi connectivity index (χ4n) is 2.51. The van der Waals surface area contributed by atoms with Crippen molar-refractivity contribution in [2.45, 2.75) is 71.1 Å². The molecule has 0 aliphatic carbocycles. The molecule has 0 bridgehead atoms. The second-order valence-electron chi connectivity index (χ2n) is 6.64. The first-order valence-corrected chi connectivity index (χ1v) is 9.72. The molecule has 126 valence electrons. The second kappa shape index (κ2) is 16.8. The van der Waals surface area contributed by atoms with Crippen LogP contribution in [0.1, 0.15) is 71.1 Å². The standard InChI is InChI=1S/C16H35NO3P.Na/c1-4-5-6-7-8-9-10-11-12-13-14-17(2,3)15-16-20-21(18)19;/h4-16H2,1-3H3;/q2*+1/p+1. The minimum absolute atomic E-state index is 0. The van der Waals surface area contributed by atoms with Crippen molar-refractivity contribution >= 4 is 8.25 Å². The molecule has 0 heterocycles. The zero-order valence-corrected chi connectivity index (χ0v) is 18.2. The van der Waals surface area contributed by atoms with Crippen molar-refractivity contribution in [1.82, 2.24) is 0 Å². The Morgan fingerprint density at radius 2 is 1.32 bits per heavy atom. The summed E-state index contributed by atoms with van der Waals surface area (Å²) in [5.41, 5.74) is 0. The summed E-state index contributed by atoms with van der Waals surface area (Å²) >= 11 is 0. The van der Waals surface area contributed by atoms with Crippen molar-refractivity contribution in [3.63, 3.8) is 0 Å². The van der Waals surface area contributed by atoms with Crippen LogP contribution in [0.3, 0.4) is 0 Å². The molecule has 0 aromatic carbocycles. The van der Waals surface area contributed by atoms with E-state index < -0.39 is 8.25 Å². The van der Waals surface area contributed by atoms with E-state index in [1.54, 1.807) is 0 Å². The molecule has 0 aromatic heterocycles. The molecule has 0 radical (unpaired) electrons. The molecule has 0 fully saturated rings. The number of rotatable bonds is 15. The van der Waals surface area contributed by atoms with Gasteiger partial charge in [-0.25, -0.2) is 0 Å². The predicted molar refractivity (Wildman–Crippen MR) is 89.5 cm³/mol. The molecule has 0 aliphatic rings. The summed E-state index contributed by atoms with van der Waals surface area (Å²) in [5, 5.41) is 0. The van der Waals surface area contributed by atoms with Crippen LogP contribution in [-0.2, 0) is 9.09 Å². The van der Waals surface area contributed by atoms with E-state index in [4.69, 9.17) is 9.42 Å². The third-order valence-electron chi connectivity index (χ3n) is 4.02. The first-order chi connectivity index (χ1) is 9.98. The Balaban J connectivity index is 0. The van der Waals surface area contributed by atoms with E-state index in [9.17, 15) is 4.57 Å². The summed E-state index contributed by atoms with van der Waals surface area (Å²) in [4.78, 5) is 8.59. The molecule has 6 heteroatoms. The van der Waals surface area contributed by atoms with E-state index in [0.717, 1.165) is 17.6 Å². The average molecular weight is 344 g/mol. The van der Waals surface area contributed by atoms with E-state index in [-0.39, 0.29) is 29.6 Å². The third-order valence-corrected chi connectivity index (χ3v) is 4.42. The average Bonchev–Trinajstić information content (AvgIpc) is 2.40. The van der Waals surface area contributed by atoms with Gasteiger partial charge in [-0.3, -0.25) is 0 Å². The molecule has 22 heavy (non-hydrogen) atoms. The minimum Gasteiger partial charge on any atom is -0.326 e. The molecular weight excluding hydrogens is 308 g/mol. The van der Waals surface area contributed by atoms with Gasteiger partial charge in [0, 0.05) is 4.57 Å². The van der Waals surface area contributed by atoms with Crippen LogP contribution in [0.25, 0.3) is 0 Å². The summed E-state index contributed by atoms with van der Waals surface area (Å²) < 4.78 is 16.0. The quantitative estimate of drug-likeness (QED) is 0.213. The largest absolute Gasteiger partial charge is 1.00 e. The summed E-state index contributed by atoms with van der Waals surface area (Å²) in [6, 6.07) is 0. The molecule has 1 atom stereocenters. The maximum atomic E-state index is 10.4. The maximum Gasteiger partial charge on any atom is 1.00 e. The van der Waals surface area contributed by atoms with E-state index >= 15 is 0 Å². The smallest absolute Gasteiger partial charge is 0.326 e. The molecule has 0 saturated heterocycles. The Morgan fingerprint density at radius 1 is 0.864 bits per heavy atom. The normalized spacial score (nSPS) is 12.1. The number of quaternary nitrogens is 1. The van der Waals surface area contributed by atoms with Crippen LogP contribution in [0.5, 0.6) is 0 Å². The van der Waals surface area contributed by atoms with E-state index in [2.05, 4.69) is 21.0 Å². The van der Waals surface area contributed by atoms with Gasteiger partial charge >= 0.3 is 37.8 Å². The zero-order chi connectivity index (χ0) is 16.0. The molecule has 0 aromatic rings. The maximum absolute atomic E-state index is 10.4. The summed E-state index contributed by atoms with van der Waals surface area (Å²) in [6.45, 7) is 4.52. The summed E-state index contributed by atoms with van der Waals surface area (Å²) in [5.74, 6) is 0. The Morgan fingerprint density at radius 3 is 1.77 bits per heavy atom. The fourth-order valence-corrected chi connectivity index (χ4v) is 2.74. The number of hydrogen-bond donors (Lipinski definition) is 1. The molecule has 1 unspecified atom stereocenters. The molecular formula is C16H36NNaO3P+3. The van der Waals surface area contributed by atoms with Gasteiger partial charge in [0.05, 0.1) is 20.6 Å². The second-order valence-corrected chi connectivity index (χ2v) is 7.37. The van der Waals surface area contributed by atoms with Crippen LogP contribution in [0.15, 0.2) is 0 Å². The topological polar surface area (TPSA) is 46.5 Å².